The molecule has 0 aliphatic rings. The first-order valence-corrected chi connectivity index (χ1v) is 8.04. The number of carbonyl (C=O) groups is 1. The van der Waals surface area contributed by atoms with Crippen LogP contribution in [0.3, 0.4) is 0 Å². The normalized spacial score (nSPS) is 10.4. The van der Waals surface area contributed by atoms with Crippen molar-refractivity contribution in [3.05, 3.63) is 44.9 Å². The van der Waals surface area contributed by atoms with Gasteiger partial charge in [0.25, 0.3) is 0 Å². The lowest BCUT2D eigenvalue weighted by Crippen LogP contribution is -2.07. The summed E-state index contributed by atoms with van der Waals surface area (Å²) in [7, 11) is 0. The molecule has 0 fully saturated rings. The Kier molecular flexibility index (Phi) is 5.85. The van der Waals surface area contributed by atoms with Crippen LogP contribution in [0.15, 0.2) is 23.6 Å². The van der Waals surface area contributed by atoms with Gasteiger partial charge in [-0.25, -0.2) is 9.78 Å². The van der Waals surface area contributed by atoms with Crippen molar-refractivity contribution < 1.29 is 9.53 Å². The van der Waals surface area contributed by atoms with E-state index in [0.29, 0.717) is 34.0 Å². The standard InChI is InChI=1S/C14H14Cl2N2O2S/c1-2-20-13(19)12-8-21-14(18-12)17-6-5-9-3-4-10(15)7-11(9)16/h3-4,7-8H,2,5-6H2,1H3,(H,17,18). The van der Waals surface area contributed by atoms with Crippen LogP contribution in [0.1, 0.15) is 23.0 Å². The van der Waals surface area contributed by atoms with Gasteiger partial charge in [0.15, 0.2) is 10.8 Å². The number of nitrogens with one attached hydrogen (secondary N) is 1. The molecule has 2 aromatic rings. The Labute approximate surface area is 137 Å². The van der Waals surface area contributed by atoms with Crippen molar-refractivity contribution in [1.29, 1.82) is 0 Å². The molecule has 1 aromatic heterocycles. The number of benzene rings is 1. The molecule has 0 saturated carbocycles. The summed E-state index contributed by atoms with van der Waals surface area (Å²) in [6.45, 7) is 2.77. The van der Waals surface area contributed by atoms with Gasteiger partial charge in [0.1, 0.15) is 0 Å². The average Bonchev–Trinajstić information content (AvgIpc) is 2.90. The topological polar surface area (TPSA) is 51.2 Å². The van der Waals surface area contributed by atoms with E-state index in [0.717, 1.165) is 12.0 Å². The SMILES string of the molecule is CCOC(=O)c1csc(NCCc2ccc(Cl)cc2Cl)n1. The Balaban J connectivity index is 1.87. The largest absolute Gasteiger partial charge is 0.461 e. The summed E-state index contributed by atoms with van der Waals surface area (Å²) in [6, 6.07) is 5.43. The van der Waals surface area contributed by atoms with Gasteiger partial charge in [-0.2, -0.15) is 0 Å². The molecule has 112 valence electrons. The summed E-state index contributed by atoms with van der Waals surface area (Å²) in [6.07, 6.45) is 0.740. The smallest absolute Gasteiger partial charge is 0.357 e. The summed E-state index contributed by atoms with van der Waals surface area (Å²) in [4.78, 5) is 15.7. The Morgan fingerprint density at radius 2 is 2.24 bits per heavy atom. The first-order valence-electron chi connectivity index (χ1n) is 6.40. The van der Waals surface area contributed by atoms with Gasteiger partial charge in [0.2, 0.25) is 0 Å². The van der Waals surface area contributed by atoms with Crippen LogP contribution < -0.4 is 5.32 Å². The van der Waals surface area contributed by atoms with Gasteiger partial charge in [-0.1, -0.05) is 29.3 Å². The Bertz CT molecular complexity index is 631. The minimum atomic E-state index is -0.400. The highest BCUT2D eigenvalue weighted by molar-refractivity contribution is 7.13. The highest BCUT2D eigenvalue weighted by atomic mass is 35.5. The van der Waals surface area contributed by atoms with Gasteiger partial charge >= 0.3 is 5.97 Å². The van der Waals surface area contributed by atoms with E-state index < -0.39 is 5.97 Å². The summed E-state index contributed by atoms with van der Waals surface area (Å²) in [5.74, 6) is -0.400. The van der Waals surface area contributed by atoms with Crippen LogP contribution in [-0.4, -0.2) is 24.1 Å². The molecule has 0 amide bonds. The molecule has 0 saturated heterocycles. The van der Waals surface area contributed by atoms with Crippen molar-refractivity contribution in [2.45, 2.75) is 13.3 Å². The number of esters is 1. The Hall–Kier alpha value is -1.30. The number of anilines is 1. The maximum atomic E-state index is 11.5. The molecular formula is C14H14Cl2N2O2S. The zero-order valence-electron chi connectivity index (χ0n) is 11.4. The number of carbonyl (C=O) groups excluding carboxylic acids is 1. The summed E-state index contributed by atoms with van der Waals surface area (Å²) >= 11 is 13.3. The molecule has 0 spiro atoms. The predicted octanol–water partition coefficient (Wildman–Crippen LogP) is 4.28. The van der Waals surface area contributed by atoms with Gasteiger partial charge < -0.3 is 10.1 Å². The first-order chi connectivity index (χ1) is 10.1. The van der Waals surface area contributed by atoms with Crippen LogP contribution >= 0.6 is 34.5 Å². The second kappa shape index (κ2) is 7.64. The van der Waals surface area contributed by atoms with Crippen LogP contribution in [0.4, 0.5) is 5.13 Å². The number of hydrogen-bond donors (Lipinski definition) is 1. The van der Waals surface area contributed by atoms with Crippen molar-refractivity contribution in [3.63, 3.8) is 0 Å². The highest BCUT2D eigenvalue weighted by Crippen LogP contribution is 2.22. The van der Waals surface area contributed by atoms with E-state index in [1.807, 2.05) is 12.1 Å². The fourth-order valence-electron chi connectivity index (χ4n) is 1.68. The third-order valence-electron chi connectivity index (χ3n) is 2.67. The van der Waals surface area contributed by atoms with Crippen LogP contribution in [-0.2, 0) is 11.2 Å². The lowest BCUT2D eigenvalue weighted by molar-refractivity contribution is 0.0520. The number of halogens is 2. The monoisotopic (exact) mass is 344 g/mol. The maximum absolute atomic E-state index is 11.5. The minimum absolute atomic E-state index is 0.328. The second-order valence-corrected chi connectivity index (χ2v) is 5.87. The molecule has 7 heteroatoms. The number of rotatable bonds is 6. The highest BCUT2D eigenvalue weighted by Gasteiger charge is 2.11. The van der Waals surface area contributed by atoms with Crippen molar-refractivity contribution in [2.75, 3.05) is 18.5 Å². The molecule has 21 heavy (non-hydrogen) atoms. The van der Waals surface area contributed by atoms with Crippen molar-refractivity contribution >= 4 is 45.6 Å². The molecule has 0 unspecified atom stereocenters. The van der Waals surface area contributed by atoms with Crippen LogP contribution in [0.2, 0.25) is 10.0 Å². The molecule has 0 bridgehead atoms. The minimum Gasteiger partial charge on any atom is -0.461 e. The lowest BCUT2D eigenvalue weighted by Gasteiger charge is -2.05. The van der Waals surface area contributed by atoms with E-state index >= 15 is 0 Å². The third-order valence-corrected chi connectivity index (χ3v) is 4.06. The van der Waals surface area contributed by atoms with Gasteiger partial charge in [-0.05, 0) is 31.0 Å². The maximum Gasteiger partial charge on any atom is 0.357 e. The second-order valence-electron chi connectivity index (χ2n) is 4.17. The molecule has 2 rings (SSSR count). The molecule has 1 N–H and O–H groups in total. The Morgan fingerprint density at radius 3 is 2.95 bits per heavy atom. The van der Waals surface area contributed by atoms with Crippen LogP contribution in [0, 0.1) is 0 Å². The molecule has 1 aromatic carbocycles. The van der Waals surface area contributed by atoms with Crippen molar-refractivity contribution in [2.24, 2.45) is 0 Å². The van der Waals surface area contributed by atoms with E-state index in [1.54, 1.807) is 18.4 Å². The average molecular weight is 345 g/mol. The first kappa shape index (κ1) is 16.1. The van der Waals surface area contributed by atoms with Gasteiger partial charge in [0, 0.05) is 22.0 Å². The van der Waals surface area contributed by atoms with Crippen molar-refractivity contribution in [3.8, 4) is 0 Å². The molecule has 0 atom stereocenters. The molecule has 4 nitrogen and oxygen atoms in total. The van der Waals surface area contributed by atoms with E-state index in [2.05, 4.69) is 10.3 Å². The van der Waals surface area contributed by atoms with Crippen LogP contribution in [0.5, 0.6) is 0 Å². The number of nitrogens with zero attached hydrogens (tertiary/aromatic N) is 1. The van der Waals surface area contributed by atoms with Crippen LogP contribution in [0.25, 0.3) is 0 Å². The van der Waals surface area contributed by atoms with Crippen molar-refractivity contribution in [1.82, 2.24) is 4.98 Å². The summed E-state index contributed by atoms with van der Waals surface area (Å²) < 4.78 is 4.89. The molecule has 1 heterocycles. The van der Waals surface area contributed by atoms with E-state index in [9.17, 15) is 4.79 Å². The lowest BCUT2D eigenvalue weighted by atomic mass is 10.1. The summed E-state index contributed by atoms with van der Waals surface area (Å²) in [5.41, 5.74) is 1.34. The van der Waals surface area contributed by atoms with E-state index in [1.165, 1.54) is 11.3 Å². The zero-order valence-corrected chi connectivity index (χ0v) is 13.7. The number of thiazole rings is 1. The van der Waals surface area contributed by atoms with E-state index in [-0.39, 0.29) is 0 Å². The molecular weight excluding hydrogens is 331 g/mol. The van der Waals surface area contributed by atoms with Gasteiger partial charge in [-0.3, -0.25) is 0 Å². The molecule has 0 aliphatic heterocycles. The van der Waals surface area contributed by atoms with Gasteiger partial charge in [-0.15, -0.1) is 11.3 Å². The third kappa shape index (κ3) is 4.59. The fraction of sp³-hybridized carbons (Fsp3) is 0.286. The molecule has 0 aliphatic carbocycles. The predicted molar refractivity (Wildman–Crippen MR) is 86.7 cm³/mol. The Morgan fingerprint density at radius 1 is 1.43 bits per heavy atom. The number of aromatic nitrogens is 1. The fourth-order valence-corrected chi connectivity index (χ4v) is 2.89. The molecule has 0 radical (unpaired) electrons. The zero-order chi connectivity index (χ0) is 15.2. The summed E-state index contributed by atoms with van der Waals surface area (Å²) in [5, 5.41) is 6.79. The number of ether oxygens (including phenoxy) is 1. The van der Waals surface area contributed by atoms with E-state index in [4.69, 9.17) is 27.9 Å². The number of hydrogen-bond acceptors (Lipinski definition) is 5. The quantitative estimate of drug-likeness (QED) is 0.794. The van der Waals surface area contributed by atoms with Gasteiger partial charge in [0.05, 0.1) is 6.61 Å².